The number of sulfonamides is 1. The lowest BCUT2D eigenvalue weighted by atomic mass is 10.1. The quantitative estimate of drug-likeness (QED) is 0.571. The highest BCUT2D eigenvalue weighted by Crippen LogP contribution is 2.18. The first-order valence-electron chi connectivity index (χ1n) is 9.17. The second kappa shape index (κ2) is 8.79. The largest absolute Gasteiger partial charge is 0.353 e. The molecule has 2 N–H and O–H groups in total. The Morgan fingerprint density at radius 1 is 1.18 bits per heavy atom. The number of guanidine groups is 1. The number of benzene rings is 1. The van der Waals surface area contributed by atoms with Crippen LogP contribution in [0.3, 0.4) is 0 Å². The predicted molar refractivity (Wildman–Crippen MR) is 114 cm³/mol. The summed E-state index contributed by atoms with van der Waals surface area (Å²) in [4.78, 5) is 6.60. The maximum Gasteiger partial charge on any atom is 0.241 e. The van der Waals surface area contributed by atoms with Gasteiger partial charge in [-0.2, -0.15) is 0 Å². The van der Waals surface area contributed by atoms with Crippen molar-refractivity contribution in [2.75, 3.05) is 14.1 Å². The Hall–Kier alpha value is -2.32. The normalized spacial score (nSPS) is 12.9. The Kier molecular flexibility index (Phi) is 6.90. The molecule has 28 heavy (non-hydrogen) atoms. The zero-order valence-corrected chi connectivity index (χ0v) is 18.3. The molecule has 0 saturated heterocycles. The maximum absolute atomic E-state index is 12.8. The van der Waals surface area contributed by atoms with Gasteiger partial charge in [-0.25, -0.2) is 13.1 Å². The molecular formula is C20H31N5O2S. The highest BCUT2D eigenvalue weighted by molar-refractivity contribution is 7.89. The van der Waals surface area contributed by atoms with Gasteiger partial charge in [0.25, 0.3) is 0 Å². The number of hydrogen-bond acceptors (Lipinski definition) is 3. The van der Waals surface area contributed by atoms with Crippen LogP contribution in [-0.2, 0) is 30.2 Å². The second-order valence-electron chi connectivity index (χ2n) is 7.83. The van der Waals surface area contributed by atoms with Crippen molar-refractivity contribution in [2.45, 2.75) is 44.3 Å². The molecule has 0 aliphatic rings. The third-order valence-electron chi connectivity index (χ3n) is 4.16. The fourth-order valence-electron chi connectivity index (χ4n) is 2.91. The van der Waals surface area contributed by atoms with Gasteiger partial charge in [0, 0.05) is 45.1 Å². The number of rotatable bonds is 6. The number of hydrogen-bond donors (Lipinski definition) is 2. The fourth-order valence-corrected chi connectivity index (χ4v) is 4.57. The standard InChI is InChI=1S/C20H31N5O2S/c1-20(2,3)23-28(26,27)18-12-8-7-10-16(18)14-22-19(21-4)25(6)15-17-11-9-13-24(17)5/h7-13,23H,14-15H2,1-6H3,(H,21,22). The second-order valence-corrected chi connectivity index (χ2v) is 9.48. The molecule has 0 aliphatic carbocycles. The molecule has 1 heterocycles. The molecule has 2 aromatic rings. The lowest BCUT2D eigenvalue weighted by molar-refractivity contribution is 0.461. The Morgan fingerprint density at radius 2 is 1.86 bits per heavy atom. The summed E-state index contributed by atoms with van der Waals surface area (Å²) in [6, 6.07) is 11.1. The summed E-state index contributed by atoms with van der Waals surface area (Å²) >= 11 is 0. The maximum atomic E-state index is 12.8. The first kappa shape index (κ1) is 22.0. The third kappa shape index (κ3) is 5.84. The van der Waals surface area contributed by atoms with Gasteiger partial charge in [0.15, 0.2) is 5.96 Å². The van der Waals surface area contributed by atoms with Crippen molar-refractivity contribution in [1.29, 1.82) is 0 Å². The van der Waals surface area contributed by atoms with E-state index in [9.17, 15) is 8.42 Å². The molecule has 0 bridgehead atoms. The first-order valence-corrected chi connectivity index (χ1v) is 10.7. The monoisotopic (exact) mass is 405 g/mol. The third-order valence-corrected chi connectivity index (χ3v) is 6.02. The van der Waals surface area contributed by atoms with Crippen LogP contribution in [0.2, 0.25) is 0 Å². The average Bonchev–Trinajstić information content (AvgIpc) is 2.98. The Bertz CT molecular complexity index is 926. The van der Waals surface area contributed by atoms with E-state index in [1.165, 1.54) is 0 Å². The molecule has 0 unspecified atom stereocenters. The average molecular weight is 406 g/mol. The van der Waals surface area contributed by atoms with Crippen LogP contribution >= 0.6 is 0 Å². The van der Waals surface area contributed by atoms with Crippen molar-refractivity contribution in [3.8, 4) is 0 Å². The molecule has 0 fully saturated rings. The van der Waals surface area contributed by atoms with E-state index in [0.29, 0.717) is 24.6 Å². The first-order chi connectivity index (χ1) is 13.0. The smallest absolute Gasteiger partial charge is 0.241 e. The number of nitrogens with zero attached hydrogens (tertiary/aromatic N) is 3. The zero-order chi connectivity index (χ0) is 20.9. The molecule has 2 rings (SSSR count). The van der Waals surface area contributed by atoms with Gasteiger partial charge in [0.1, 0.15) is 0 Å². The topological polar surface area (TPSA) is 78.7 Å². The minimum absolute atomic E-state index is 0.276. The molecule has 0 atom stereocenters. The van der Waals surface area contributed by atoms with Gasteiger partial charge in [-0.1, -0.05) is 18.2 Å². The molecule has 0 spiro atoms. The van der Waals surface area contributed by atoms with E-state index in [4.69, 9.17) is 0 Å². The molecule has 8 heteroatoms. The van der Waals surface area contributed by atoms with Crippen molar-refractivity contribution < 1.29 is 8.42 Å². The van der Waals surface area contributed by atoms with Crippen molar-refractivity contribution in [2.24, 2.45) is 12.0 Å². The molecule has 0 amide bonds. The molecular weight excluding hydrogens is 374 g/mol. The highest BCUT2D eigenvalue weighted by Gasteiger charge is 2.24. The van der Waals surface area contributed by atoms with Crippen molar-refractivity contribution >= 4 is 16.0 Å². The van der Waals surface area contributed by atoms with Gasteiger partial charge in [-0.15, -0.1) is 0 Å². The molecule has 0 saturated carbocycles. The highest BCUT2D eigenvalue weighted by atomic mass is 32.2. The number of aliphatic imine (C=N–C) groups is 1. The van der Waals surface area contributed by atoms with Gasteiger partial charge >= 0.3 is 0 Å². The number of nitrogens with one attached hydrogen (secondary N) is 2. The SMILES string of the molecule is CN=C(NCc1ccccc1S(=O)(=O)NC(C)(C)C)N(C)Cc1cccn1C. The van der Waals surface area contributed by atoms with Crippen molar-refractivity contribution in [1.82, 2.24) is 19.5 Å². The van der Waals surface area contributed by atoms with Gasteiger partial charge < -0.3 is 14.8 Å². The molecule has 7 nitrogen and oxygen atoms in total. The fraction of sp³-hybridized carbons (Fsp3) is 0.450. The van der Waals surface area contributed by atoms with Gasteiger partial charge in [0.05, 0.1) is 11.4 Å². The van der Waals surface area contributed by atoms with Crippen LogP contribution < -0.4 is 10.0 Å². The van der Waals surface area contributed by atoms with E-state index in [1.54, 1.807) is 19.2 Å². The Labute approximate surface area is 168 Å². The molecule has 1 aromatic heterocycles. The van der Waals surface area contributed by atoms with Gasteiger partial charge in [-0.05, 0) is 44.5 Å². The van der Waals surface area contributed by atoms with E-state index >= 15 is 0 Å². The number of aromatic nitrogens is 1. The minimum Gasteiger partial charge on any atom is -0.353 e. The van der Waals surface area contributed by atoms with Crippen LogP contribution in [-0.4, -0.2) is 43.5 Å². The lowest BCUT2D eigenvalue weighted by Crippen LogP contribution is -2.41. The van der Waals surface area contributed by atoms with Crippen molar-refractivity contribution in [3.63, 3.8) is 0 Å². The number of aryl methyl sites for hydroxylation is 1. The van der Waals surface area contributed by atoms with E-state index in [1.807, 2.05) is 64.2 Å². The zero-order valence-electron chi connectivity index (χ0n) is 17.5. The summed E-state index contributed by atoms with van der Waals surface area (Å²) in [5.41, 5.74) is 1.29. The van der Waals surface area contributed by atoms with Crippen LogP contribution in [0.4, 0.5) is 0 Å². The van der Waals surface area contributed by atoms with E-state index < -0.39 is 15.6 Å². The Morgan fingerprint density at radius 3 is 2.43 bits per heavy atom. The van der Waals surface area contributed by atoms with Crippen molar-refractivity contribution in [3.05, 3.63) is 53.9 Å². The summed E-state index contributed by atoms with van der Waals surface area (Å²) in [5, 5.41) is 3.27. The van der Waals surface area contributed by atoms with Gasteiger partial charge in [0.2, 0.25) is 10.0 Å². The van der Waals surface area contributed by atoms with Crippen LogP contribution in [0.15, 0.2) is 52.5 Å². The summed E-state index contributed by atoms with van der Waals surface area (Å²) < 4.78 is 30.3. The van der Waals surface area contributed by atoms with E-state index in [2.05, 4.69) is 25.7 Å². The molecule has 0 aliphatic heterocycles. The summed E-state index contributed by atoms with van der Waals surface area (Å²) in [5.74, 6) is 0.692. The summed E-state index contributed by atoms with van der Waals surface area (Å²) in [6.45, 7) is 6.52. The lowest BCUT2D eigenvalue weighted by Gasteiger charge is -2.24. The van der Waals surface area contributed by atoms with Crippen LogP contribution in [0.1, 0.15) is 32.0 Å². The molecule has 154 valence electrons. The van der Waals surface area contributed by atoms with E-state index in [-0.39, 0.29) is 4.90 Å². The van der Waals surface area contributed by atoms with E-state index in [0.717, 1.165) is 5.69 Å². The van der Waals surface area contributed by atoms with Crippen LogP contribution in [0.5, 0.6) is 0 Å². The van der Waals surface area contributed by atoms with Gasteiger partial charge in [-0.3, -0.25) is 4.99 Å². The predicted octanol–water partition coefficient (Wildman–Crippen LogP) is 2.31. The minimum atomic E-state index is -3.62. The van der Waals surface area contributed by atoms with Crippen LogP contribution in [0, 0.1) is 0 Å². The summed E-state index contributed by atoms with van der Waals surface area (Å²) in [6.07, 6.45) is 2.00. The summed E-state index contributed by atoms with van der Waals surface area (Å²) in [7, 11) is 2.05. The molecule has 0 radical (unpaired) electrons. The Balaban J connectivity index is 2.14. The molecule has 1 aromatic carbocycles. The van der Waals surface area contributed by atoms with Crippen LogP contribution in [0.25, 0.3) is 0 Å².